The summed E-state index contributed by atoms with van der Waals surface area (Å²) in [5, 5.41) is 5.94. The van der Waals surface area contributed by atoms with Crippen molar-refractivity contribution < 1.29 is 4.79 Å². The summed E-state index contributed by atoms with van der Waals surface area (Å²) in [4.78, 5) is 20.7. The van der Waals surface area contributed by atoms with Crippen LogP contribution in [0.4, 0.5) is 17.3 Å². The number of carbonyl (C=O) groups is 1. The number of nitrogens with zero attached hydrogens (tertiary/aromatic N) is 2. The van der Waals surface area contributed by atoms with Crippen molar-refractivity contribution in [2.75, 3.05) is 10.6 Å². The maximum atomic E-state index is 12.3. The molecule has 0 fully saturated rings. The van der Waals surface area contributed by atoms with E-state index in [-0.39, 0.29) is 5.91 Å². The van der Waals surface area contributed by atoms with E-state index < -0.39 is 0 Å². The van der Waals surface area contributed by atoms with Gasteiger partial charge in [0.25, 0.3) is 5.91 Å². The summed E-state index contributed by atoms with van der Waals surface area (Å²) in [5.74, 6) is 0.198. The SMILES string of the molecule is Cc1ccc(NC(=O)c2cnc(Nc3ccc(Br)cc3)nc2)cc1C. The van der Waals surface area contributed by atoms with Crippen LogP contribution < -0.4 is 10.6 Å². The third kappa shape index (κ3) is 4.42. The normalized spacial score (nSPS) is 10.4. The number of anilines is 3. The summed E-state index contributed by atoms with van der Waals surface area (Å²) in [6.45, 7) is 4.04. The molecule has 0 saturated heterocycles. The number of halogens is 1. The molecule has 0 bridgehead atoms. The highest BCUT2D eigenvalue weighted by Gasteiger charge is 2.08. The van der Waals surface area contributed by atoms with Crippen molar-refractivity contribution in [2.45, 2.75) is 13.8 Å². The van der Waals surface area contributed by atoms with E-state index in [1.54, 1.807) is 0 Å². The third-order valence-corrected chi connectivity index (χ3v) is 4.31. The Kier molecular flexibility index (Phi) is 5.09. The molecule has 2 aromatic carbocycles. The lowest BCUT2D eigenvalue weighted by atomic mass is 10.1. The van der Waals surface area contributed by atoms with Crippen molar-refractivity contribution in [1.29, 1.82) is 0 Å². The molecular weight excluding hydrogens is 380 g/mol. The molecule has 0 spiro atoms. The Bertz CT molecular complexity index is 892. The highest BCUT2D eigenvalue weighted by molar-refractivity contribution is 9.10. The van der Waals surface area contributed by atoms with Crippen LogP contribution in [0.5, 0.6) is 0 Å². The van der Waals surface area contributed by atoms with Gasteiger partial charge in [0.1, 0.15) is 0 Å². The predicted octanol–water partition coefficient (Wildman–Crippen LogP) is 4.85. The molecule has 126 valence electrons. The topological polar surface area (TPSA) is 66.9 Å². The fourth-order valence-electron chi connectivity index (χ4n) is 2.19. The van der Waals surface area contributed by atoms with Gasteiger partial charge in [0, 0.05) is 28.2 Å². The smallest absolute Gasteiger partial charge is 0.258 e. The van der Waals surface area contributed by atoms with Gasteiger partial charge in [0.05, 0.1) is 5.56 Å². The molecule has 0 saturated carbocycles. The molecule has 5 nitrogen and oxygen atoms in total. The van der Waals surface area contributed by atoms with Gasteiger partial charge < -0.3 is 10.6 Å². The Morgan fingerprint density at radius 2 is 1.56 bits per heavy atom. The zero-order chi connectivity index (χ0) is 17.8. The second-order valence-electron chi connectivity index (χ2n) is 5.68. The minimum Gasteiger partial charge on any atom is -0.324 e. The van der Waals surface area contributed by atoms with E-state index in [0.717, 1.165) is 21.4 Å². The van der Waals surface area contributed by atoms with Crippen LogP contribution in [0.2, 0.25) is 0 Å². The van der Waals surface area contributed by atoms with Gasteiger partial charge in [-0.25, -0.2) is 9.97 Å². The van der Waals surface area contributed by atoms with Gasteiger partial charge in [0.2, 0.25) is 5.95 Å². The molecule has 0 aliphatic heterocycles. The number of amides is 1. The van der Waals surface area contributed by atoms with Gasteiger partial charge in [-0.15, -0.1) is 0 Å². The molecule has 0 unspecified atom stereocenters. The Balaban J connectivity index is 1.67. The van der Waals surface area contributed by atoms with E-state index in [0.29, 0.717) is 11.5 Å². The average molecular weight is 397 g/mol. The highest BCUT2D eigenvalue weighted by atomic mass is 79.9. The van der Waals surface area contributed by atoms with Crippen molar-refractivity contribution in [3.63, 3.8) is 0 Å². The van der Waals surface area contributed by atoms with Crippen LogP contribution in [0, 0.1) is 13.8 Å². The summed E-state index contributed by atoms with van der Waals surface area (Å²) in [5.41, 5.74) is 4.34. The number of carbonyl (C=O) groups excluding carboxylic acids is 1. The Hall–Kier alpha value is -2.73. The first-order valence-corrected chi connectivity index (χ1v) is 8.54. The third-order valence-electron chi connectivity index (χ3n) is 3.78. The lowest BCUT2D eigenvalue weighted by molar-refractivity contribution is 0.102. The van der Waals surface area contributed by atoms with Crippen LogP contribution in [-0.2, 0) is 0 Å². The monoisotopic (exact) mass is 396 g/mol. The molecule has 1 heterocycles. The van der Waals surface area contributed by atoms with Crippen molar-refractivity contribution in [1.82, 2.24) is 9.97 Å². The maximum absolute atomic E-state index is 12.3. The largest absolute Gasteiger partial charge is 0.324 e. The molecular formula is C19H17BrN4O. The van der Waals surface area contributed by atoms with Gasteiger partial charge in [-0.1, -0.05) is 22.0 Å². The maximum Gasteiger partial charge on any atom is 0.258 e. The van der Waals surface area contributed by atoms with Gasteiger partial charge in [-0.05, 0) is 61.4 Å². The quantitative estimate of drug-likeness (QED) is 0.661. The van der Waals surface area contributed by atoms with Crippen LogP contribution in [0.15, 0.2) is 59.3 Å². The first kappa shape index (κ1) is 17.1. The van der Waals surface area contributed by atoms with Crippen molar-refractivity contribution in [2.24, 2.45) is 0 Å². The van der Waals surface area contributed by atoms with Crippen LogP contribution in [0.25, 0.3) is 0 Å². The molecule has 1 aromatic heterocycles. The lowest BCUT2D eigenvalue weighted by Crippen LogP contribution is -2.13. The van der Waals surface area contributed by atoms with Gasteiger partial charge >= 0.3 is 0 Å². The number of nitrogens with one attached hydrogen (secondary N) is 2. The van der Waals surface area contributed by atoms with Gasteiger partial charge in [-0.2, -0.15) is 0 Å². The van der Waals surface area contributed by atoms with Crippen molar-refractivity contribution in [3.8, 4) is 0 Å². The molecule has 3 aromatic rings. The molecule has 0 atom stereocenters. The molecule has 1 amide bonds. The predicted molar refractivity (Wildman–Crippen MR) is 103 cm³/mol. The molecule has 0 radical (unpaired) electrons. The number of rotatable bonds is 4. The summed E-state index contributed by atoms with van der Waals surface area (Å²) in [6.07, 6.45) is 3.01. The van der Waals surface area contributed by atoms with E-state index in [1.165, 1.54) is 18.0 Å². The van der Waals surface area contributed by atoms with Crippen LogP contribution in [-0.4, -0.2) is 15.9 Å². The fourth-order valence-corrected chi connectivity index (χ4v) is 2.46. The summed E-state index contributed by atoms with van der Waals surface area (Å²) >= 11 is 3.39. The first-order valence-electron chi connectivity index (χ1n) is 7.74. The Labute approximate surface area is 154 Å². The summed E-state index contributed by atoms with van der Waals surface area (Å²) in [6, 6.07) is 13.5. The molecule has 25 heavy (non-hydrogen) atoms. The number of hydrogen-bond acceptors (Lipinski definition) is 4. The molecule has 0 aliphatic carbocycles. The lowest BCUT2D eigenvalue weighted by Gasteiger charge is -2.08. The van der Waals surface area contributed by atoms with Crippen LogP contribution in [0.1, 0.15) is 21.5 Å². The minimum absolute atomic E-state index is 0.238. The zero-order valence-electron chi connectivity index (χ0n) is 13.9. The van der Waals surface area contributed by atoms with Crippen molar-refractivity contribution >= 4 is 39.2 Å². The Morgan fingerprint density at radius 3 is 2.20 bits per heavy atom. The zero-order valence-corrected chi connectivity index (χ0v) is 15.5. The van der Waals surface area contributed by atoms with Gasteiger partial charge in [0.15, 0.2) is 0 Å². The molecule has 6 heteroatoms. The van der Waals surface area contributed by atoms with E-state index in [2.05, 4.69) is 36.5 Å². The van der Waals surface area contributed by atoms with Gasteiger partial charge in [-0.3, -0.25) is 4.79 Å². The van der Waals surface area contributed by atoms with Crippen molar-refractivity contribution in [3.05, 3.63) is 76.0 Å². The number of aryl methyl sites for hydroxylation is 2. The van der Waals surface area contributed by atoms with E-state index in [1.807, 2.05) is 56.3 Å². The number of benzene rings is 2. The van der Waals surface area contributed by atoms with E-state index in [9.17, 15) is 4.79 Å². The molecule has 0 aliphatic rings. The highest BCUT2D eigenvalue weighted by Crippen LogP contribution is 2.18. The average Bonchev–Trinajstić information content (AvgIpc) is 2.61. The second kappa shape index (κ2) is 7.44. The van der Waals surface area contributed by atoms with Crippen LogP contribution in [0.3, 0.4) is 0 Å². The number of aromatic nitrogens is 2. The fraction of sp³-hybridized carbons (Fsp3) is 0.105. The summed E-state index contributed by atoms with van der Waals surface area (Å²) in [7, 11) is 0. The van der Waals surface area contributed by atoms with E-state index in [4.69, 9.17) is 0 Å². The Morgan fingerprint density at radius 1 is 0.920 bits per heavy atom. The molecule has 3 rings (SSSR count). The number of hydrogen-bond donors (Lipinski definition) is 2. The van der Waals surface area contributed by atoms with E-state index >= 15 is 0 Å². The second-order valence-corrected chi connectivity index (χ2v) is 6.60. The molecule has 2 N–H and O–H groups in total. The first-order chi connectivity index (χ1) is 12.0. The standard InChI is InChI=1S/C19H17BrN4O/c1-12-3-6-17(9-13(12)2)23-18(25)14-10-21-19(22-11-14)24-16-7-4-15(20)5-8-16/h3-11H,1-2H3,(H,23,25)(H,21,22,24). The van der Waals surface area contributed by atoms with Crippen LogP contribution >= 0.6 is 15.9 Å². The minimum atomic E-state index is -0.238. The summed E-state index contributed by atoms with van der Waals surface area (Å²) < 4.78 is 0.998.